The quantitative estimate of drug-likeness (QED) is 0.645. The smallest absolute Gasteiger partial charge is 0.254 e. The van der Waals surface area contributed by atoms with Crippen molar-refractivity contribution in [2.24, 2.45) is 0 Å². The van der Waals surface area contributed by atoms with E-state index in [0.29, 0.717) is 17.9 Å². The standard InChI is InChI=1S/C20H25FN2O5S/c1-13(2)23-29(25,26)16-6-7-18(21)17(12-16)20(24)22-10-9-14-11-15(27-3)5-8-19(14)28-4/h5-8,11-13,23H,9-10H2,1-4H3,(H,22,24). The van der Waals surface area contributed by atoms with Crippen molar-refractivity contribution in [3.63, 3.8) is 0 Å². The van der Waals surface area contributed by atoms with Crippen LogP contribution >= 0.6 is 0 Å². The molecule has 0 unspecified atom stereocenters. The fraction of sp³-hybridized carbons (Fsp3) is 0.350. The van der Waals surface area contributed by atoms with Gasteiger partial charge in [0.05, 0.1) is 24.7 Å². The Morgan fingerprint density at radius 3 is 2.45 bits per heavy atom. The third-order valence-electron chi connectivity index (χ3n) is 4.05. The minimum atomic E-state index is -3.84. The van der Waals surface area contributed by atoms with E-state index < -0.39 is 21.7 Å². The molecule has 0 atom stereocenters. The fourth-order valence-corrected chi connectivity index (χ4v) is 3.98. The molecule has 0 fully saturated rings. The van der Waals surface area contributed by atoms with Gasteiger partial charge in [0.2, 0.25) is 10.0 Å². The molecule has 0 bridgehead atoms. The number of benzene rings is 2. The van der Waals surface area contributed by atoms with Crippen molar-refractivity contribution >= 4 is 15.9 Å². The highest BCUT2D eigenvalue weighted by Gasteiger charge is 2.20. The van der Waals surface area contributed by atoms with Crippen molar-refractivity contribution in [2.45, 2.75) is 31.2 Å². The van der Waals surface area contributed by atoms with Crippen LogP contribution < -0.4 is 19.5 Å². The number of methoxy groups -OCH3 is 2. The van der Waals surface area contributed by atoms with E-state index in [9.17, 15) is 17.6 Å². The SMILES string of the molecule is COc1ccc(OC)c(CCNC(=O)c2cc(S(=O)(=O)NC(C)C)ccc2F)c1. The van der Waals surface area contributed by atoms with Gasteiger partial charge in [0, 0.05) is 12.6 Å². The van der Waals surface area contributed by atoms with Crippen LogP contribution in [0, 0.1) is 5.82 Å². The molecule has 0 aromatic heterocycles. The molecule has 0 aliphatic rings. The number of hydrogen-bond acceptors (Lipinski definition) is 5. The second-order valence-corrected chi connectivity index (χ2v) is 8.32. The van der Waals surface area contributed by atoms with Crippen LogP contribution in [0.4, 0.5) is 4.39 Å². The molecule has 2 aromatic rings. The monoisotopic (exact) mass is 424 g/mol. The first-order chi connectivity index (χ1) is 13.7. The van der Waals surface area contributed by atoms with Crippen molar-refractivity contribution in [3.05, 3.63) is 53.3 Å². The average Bonchev–Trinajstić information content (AvgIpc) is 2.66. The summed E-state index contributed by atoms with van der Waals surface area (Å²) < 4.78 is 51.5. The molecule has 29 heavy (non-hydrogen) atoms. The summed E-state index contributed by atoms with van der Waals surface area (Å²) in [4.78, 5) is 12.2. The first kappa shape index (κ1) is 22.6. The summed E-state index contributed by atoms with van der Waals surface area (Å²) in [5.41, 5.74) is 0.472. The minimum absolute atomic E-state index is 0.174. The molecule has 0 radical (unpaired) electrons. The topological polar surface area (TPSA) is 93.7 Å². The lowest BCUT2D eigenvalue weighted by Crippen LogP contribution is -2.31. The average molecular weight is 424 g/mol. The summed E-state index contributed by atoms with van der Waals surface area (Å²) in [6.45, 7) is 3.53. The van der Waals surface area contributed by atoms with Crippen LogP contribution in [0.5, 0.6) is 11.5 Å². The third kappa shape index (κ3) is 5.91. The third-order valence-corrected chi connectivity index (χ3v) is 5.71. The van der Waals surface area contributed by atoms with E-state index in [0.717, 1.165) is 23.8 Å². The molecule has 2 aromatic carbocycles. The first-order valence-electron chi connectivity index (χ1n) is 8.99. The van der Waals surface area contributed by atoms with Gasteiger partial charge in [-0.15, -0.1) is 0 Å². The highest BCUT2D eigenvalue weighted by molar-refractivity contribution is 7.89. The van der Waals surface area contributed by atoms with Crippen LogP contribution in [0.15, 0.2) is 41.3 Å². The van der Waals surface area contributed by atoms with Gasteiger partial charge in [0.25, 0.3) is 5.91 Å². The van der Waals surface area contributed by atoms with Gasteiger partial charge in [-0.05, 0) is 62.2 Å². The molecule has 0 saturated heterocycles. The zero-order valence-corrected chi connectivity index (χ0v) is 17.6. The Morgan fingerprint density at radius 2 is 1.83 bits per heavy atom. The number of ether oxygens (including phenoxy) is 2. The van der Waals surface area contributed by atoms with Gasteiger partial charge >= 0.3 is 0 Å². The van der Waals surface area contributed by atoms with Crippen LogP contribution in [-0.2, 0) is 16.4 Å². The number of sulfonamides is 1. The number of halogens is 1. The Morgan fingerprint density at radius 1 is 1.10 bits per heavy atom. The molecule has 9 heteroatoms. The molecule has 0 spiro atoms. The van der Waals surface area contributed by atoms with Gasteiger partial charge in [-0.3, -0.25) is 4.79 Å². The second kappa shape index (κ2) is 9.71. The van der Waals surface area contributed by atoms with Crippen LogP contribution in [0.3, 0.4) is 0 Å². The number of nitrogens with one attached hydrogen (secondary N) is 2. The second-order valence-electron chi connectivity index (χ2n) is 6.60. The van der Waals surface area contributed by atoms with E-state index in [4.69, 9.17) is 9.47 Å². The molecule has 1 amide bonds. The molecule has 0 aliphatic carbocycles. The normalized spacial score (nSPS) is 11.4. The van der Waals surface area contributed by atoms with E-state index in [-0.39, 0.29) is 23.0 Å². The van der Waals surface area contributed by atoms with E-state index in [2.05, 4.69) is 10.0 Å². The maximum atomic E-state index is 14.1. The number of carbonyl (C=O) groups is 1. The Hall–Kier alpha value is -2.65. The molecule has 0 heterocycles. The van der Waals surface area contributed by atoms with Crippen molar-refractivity contribution in [1.29, 1.82) is 0 Å². The Bertz CT molecular complexity index is 977. The highest BCUT2D eigenvalue weighted by atomic mass is 32.2. The predicted octanol–water partition coefficient (Wildman–Crippen LogP) is 2.50. The lowest BCUT2D eigenvalue weighted by Gasteiger charge is -2.13. The van der Waals surface area contributed by atoms with Crippen molar-refractivity contribution in [2.75, 3.05) is 20.8 Å². The number of amides is 1. The van der Waals surface area contributed by atoms with Crippen molar-refractivity contribution < 1.29 is 27.1 Å². The van der Waals surface area contributed by atoms with Crippen molar-refractivity contribution in [3.8, 4) is 11.5 Å². The summed E-state index contributed by atoms with van der Waals surface area (Å²) in [7, 11) is -0.755. The summed E-state index contributed by atoms with van der Waals surface area (Å²) in [5.74, 6) is -0.219. The van der Waals surface area contributed by atoms with E-state index in [1.165, 1.54) is 7.11 Å². The minimum Gasteiger partial charge on any atom is -0.497 e. The molecule has 7 nitrogen and oxygen atoms in total. The predicted molar refractivity (Wildman–Crippen MR) is 107 cm³/mol. The van der Waals surface area contributed by atoms with E-state index in [1.807, 2.05) is 0 Å². The van der Waals surface area contributed by atoms with Crippen LogP contribution in [0.1, 0.15) is 29.8 Å². The van der Waals surface area contributed by atoms with Gasteiger partial charge in [-0.2, -0.15) is 0 Å². The van der Waals surface area contributed by atoms with Gasteiger partial charge in [0.1, 0.15) is 17.3 Å². The molecule has 158 valence electrons. The maximum absolute atomic E-state index is 14.1. The number of hydrogen-bond donors (Lipinski definition) is 2. The Kier molecular flexibility index (Phi) is 7.58. The van der Waals surface area contributed by atoms with Crippen LogP contribution in [0.25, 0.3) is 0 Å². The van der Waals surface area contributed by atoms with Gasteiger partial charge < -0.3 is 14.8 Å². The zero-order valence-electron chi connectivity index (χ0n) is 16.8. The number of rotatable bonds is 9. The largest absolute Gasteiger partial charge is 0.497 e. The maximum Gasteiger partial charge on any atom is 0.254 e. The molecular weight excluding hydrogens is 399 g/mol. The summed E-state index contributed by atoms with van der Waals surface area (Å²) >= 11 is 0. The van der Waals surface area contributed by atoms with Gasteiger partial charge in [-0.25, -0.2) is 17.5 Å². The molecule has 2 N–H and O–H groups in total. The van der Waals surface area contributed by atoms with Crippen LogP contribution in [-0.4, -0.2) is 41.1 Å². The Labute approximate surface area is 170 Å². The summed E-state index contributed by atoms with van der Waals surface area (Å²) in [6.07, 6.45) is 0.417. The molecular formula is C20H25FN2O5S. The van der Waals surface area contributed by atoms with Gasteiger partial charge in [-0.1, -0.05) is 0 Å². The van der Waals surface area contributed by atoms with Gasteiger partial charge in [0.15, 0.2) is 0 Å². The summed E-state index contributed by atoms with van der Waals surface area (Å²) in [6, 6.07) is 8.09. The van der Waals surface area contributed by atoms with E-state index >= 15 is 0 Å². The summed E-state index contributed by atoms with van der Waals surface area (Å²) in [5, 5.41) is 2.61. The lowest BCUT2D eigenvalue weighted by atomic mass is 10.1. The zero-order chi connectivity index (χ0) is 21.6. The Balaban J connectivity index is 2.13. The van der Waals surface area contributed by atoms with Crippen molar-refractivity contribution in [1.82, 2.24) is 10.0 Å². The first-order valence-corrected chi connectivity index (χ1v) is 10.5. The molecule has 2 rings (SSSR count). The number of carbonyl (C=O) groups excluding carboxylic acids is 1. The van der Waals surface area contributed by atoms with Crippen LogP contribution in [0.2, 0.25) is 0 Å². The fourth-order valence-electron chi connectivity index (χ4n) is 2.71. The van der Waals surface area contributed by atoms with E-state index in [1.54, 1.807) is 39.2 Å². The lowest BCUT2D eigenvalue weighted by molar-refractivity contribution is 0.0949. The molecule has 0 aliphatic heterocycles. The molecule has 0 saturated carbocycles. The highest BCUT2D eigenvalue weighted by Crippen LogP contribution is 2.24.